The molecule has 0 amide bonds. The number of benzene rings is 2. The zero-order chi connectivity index (χ0) is 13.5. The molecule has 0 aromatic heterocycles. The molecule has 0 unspecified atom stereocenters. The summed E-state index contributed by atoms with van der Waals surface area (Å²) in [6, 6.07) is 5.59. The molecule has 0 saturated carbocycles. The molecule has 96 valence electrons. The van der Waals surface area contributed by atoms with Gasteiger partial charge in [0.25, 0.3) is 10.1 Å². The van der Waals surface area contributed by atoms with Gasteiger partial charge in [0, 0.05) is 17.1 Å². The maximum absolute atomic E-state index is 11.1. The molecule has 0 aliphatic heterocycles. The first-order valence-electron chi connectivity index (χ1n) is 5.36. The molecule has 0 aliphatic carbocycles. The monoisotopic (exact) mass is 267 g/mol. The van der Waals surface area contributed by atoms with Crippen molar-refractivity contribution in [1.29, 1.82) is 0 Å². The van der Waals surface area contributed by atoms with Crippen LogP contribution < -0.4 is 5.73 Å². The normalized spacial score (nSPS) is 11.9. The summed E-state index contributed by atoms with van der Waals surface area (Å²) < 4.78 is 31.1. The molecule has 2 aromatic rings. The van der Waals surface area contributed by atoms with Crippen molar-refractivity contribution >= 4 is 26.6 Å². The fraction of sp³-hybridized carbons (Fsp3) is 0.167. The predicted octanol–water partition coefficient (Wildman–Crippen LogP) is 1.94. The Morgan fingerprint density at radius 1 is 1.28 bits per heavy atom. The Hall–Kier alpha value is -1.79. The van der Waals surface area contributed by atoms with Crippen LogP contribution in [0.2, 0.25) is 0 Å². The van der Waals surface area contributed by atoms with E-state index in [2.05, 4.69) is 0 Å². The molecular weight excluding hydrogens is 254 g/mol. The molecule has 2 aromatic carbocycles. The molecule has 5 nitrogen and oxygen atoms in total. The van der Waals surface area contributed by atoms with E-state index in [1.165, 1.54) is 6.07 Å². The SMILES string of the molecule is CCc1c(N)ccc2cc(S(=O)(=O)O)cc(O)c12. The van der Waals surface area contributed by atoms with Crippen molar-refractivity contribution in [3.05, 3.63) is 29.8 Å². The maximum Gasteiger partial charge on any atom is 0.294 e. The van der Waals surface area contributed by atoms with Gasteiger partial charge in [-0.2, -0.15) is 8.42 Å². The first-order chi connectivity index (χ1) is 8.34. The van der Waals surface area contributed by atoms with Crippen LogP contribution in [0.1, 0.15) is 12.5 Å². The molecule has 0 saturated heterocycles. The van der Waals surface area contributed by atoms with Crippen LogP contribution in [-0.4, -0.2) is 18.1 Å². The van der Waals surface area contributed by atoms with Crippen LogP contribution in [-0.2, 0) is 16.5 Å². The van der Waals surface area contributed by atoms with E-state index in [4.69, 9.17) is 10.3 Å². The second-order valence-corrected chi connectivity index (χ2v) is 5.42. The lowest BCUT2D eigenvalue weighted by atomic mass is 10.00. The van der Waals surface area contributed by atoms with Crippen molar-refractivity contribution in [2.45, 2.75) is 18.2 Å². The molecule has 0 atom stereocenters. The second-order valence-electron chi connectivity index (χ2n) is 4.00. The van der Waals surface area contributed by atoms with Gasteiger partial charge in [0.1, 0.15) is 5.75 Å². The van der Waals surface area contributed by atoms with E-state index < -0.39 is 10.1 Å². The summed E-state index contributed by atoms with van der Waals surface area (Å²) in [5.41, 5.74) is 7.11. The lowest BCUT2D eigenvalue weighted by Crippen LogP contribution is -1.99. The van der Waals surface area contributed by atoms with Crippen molar-refractivity contribution in [3.8, 4) is 5.75 Å². The fourth-order valence-electron chi connectivity index (χ4n) is 2.04. The Kier molecular flexibility index (Phi) is 2.92. The molecule has 0 radical (unpaired) electrons. The van der Waals surface area contributed by atoms with Crippen LogP contribution >= 0.6 is 0 Å². The second kappa shape index (κ2) is 4.15. The Morgan fingerprint density at radius 3 is 2.50 bits per heavy atom. The third-order valence-electron chi connectivity index (χ3n) is 2.87. The first kappa shape index (κ1) is 12.7. The number of rotatable bonds is 2. The third-order valence-corrected chi connectivity index (χ3v) is 3.70. The maximum atomic E-state index is 11.1. The van der Waals surface area contributed by atoms with Gasteiger partial charge in [-0.3, -0.25) is 4.55 Å². The van der Waals surface area contributed by atoms with E-state index in [1.54, 1.807) is 12.1 Å². The lowest BCUT2D eigenvalue weighted by Gasteiger charge is -2.11. The number of anilines is 1. The Morgan fingerprint density at radius 2 is 1.94 bits per heavy atom. The van der Waals surface area contributed by atoms with E-state index in [1.807, 2.05) is 6.92 Å². The number of nitrogen functional groups attached to an aromatic ring is 1. The van der Waals surface area contributed by atoms with E-state index in [0.717, 1.165) is 11.6 Å². The van der Waals surface area contributed by atoms with Gasteiger partial charge in [-0.25, -0.2) is 0 Å². The summed E-state index contributed by atoms with van der Waals surface area (Å²) in [6.07, 6.45) is 0.613. The minimum Gasteiger partial charge on any atom is -0.507 e. The number of phenols is 1. The quantitative estimate of drug-likeness (QED) is 0.570. The summed E-state index contributed by atoms with van der Waals surface area (Å²) >= 11 is 0. The molecule has 0 fully saturated rings. The molecule has 0 bridgehead atoms. The van der Waals surface area contributed by atoms with E-state index in [-0.39, 0.29) is 10.6 Å². The minimum absolute atomic E-state index is 0.204. The van der Waals surface area contributed by atoms with Crippen molar-refractivity contribution in [1.82, 2.24) is 0 Å². The largest absolute Gasteiger partial charge is 0.507 e. The number of hydrogen-bond acceptors (Lipinski definition) is 4. The molecule has 2 rings (SSSR count). The standard InChI is InChI=1S/C12H13NO4S/c1-2-9-10(13)4-3-7-5-8(18(15,16)17)6-11(14)12(7)9/h3-6,14H,2,13H2,1H3,(H,15,16,17). The number of aryl methyl sites for hydroxylation is 1. The van der Waals surface area contributed by atoms with Gasteiger partial charge in [-0.1, -0.05) is 13.0 Å². The summed E-state index contributed by atoms with van der Waals surface area (Å²) in [5, 5.41) is 11.0. The van der Waals surface area contributed by atoms with E-state index in [0.29, 0.717) is 22.9 Å². The zero-order valence-electron chi connectivity index (χ0n) is 9.71. The number of fused-ring (bicyclic) bond motifs is 1. The first-order valence-corrected chi connectivity index (χ1v) is 6.80. The van der Waals surface area contributed by atoms with Gasteiger partial charge in [0.05, 0.1) is 4.90 Å². The highest BCUT2D eigenvalue weighted by Crippen LogP contribution is 2.34. The fourth-order valence-corrected chi connectivity index (χ4v) is 2.57. The number of hydrogen-bond donors (Lipinski definition) is 3. The molecule has 6 heteroatoms. The van der Waals surface area contributed by atoms with Crippen LogP contribution in [0.3, 0.4) is 0 Å². The van der Waals surface area contributed by atoms with Gasteiger partial charge in [0.15, 0.2) is 0 Å². The number of phenolic OH excluding ortho intramolecular Hbond substituents is 1. The smallest absolute Gasteiger partial charge is 0.294 e. The lowest BCUT2D eigenvalue weighted by molar-refractivity contribution is 0.470. The topological polar surface area (TPSA) is 101 Å². The van der Waals surface area contributed by atoms with Crippen molar-refractivity contribution in [2.75, 3.05) is 5.73 Å². The van der Waals surface area contributed by atoms with Crippen molar-refractivity contribution in [2.24, 2.45) is 0 Å². The molecule has 0 heterocycles. The summed E-state index contributed by atoms with van der Waals surface area (Å²) in [6.45, 7) is 1.89. The highest BCUT2D eigenvalue weighted by atomic mass is 32.2. The average Bonchev–Trinajstić information content (AvgIpc) is 2.28. The van der Waals surface area contributed by atoms with Gasteiger partial charge in [0.2, 0.25) is 0 Å². The Labute approximate surface area is 105 Å². The molecule has 0 spiro atoms. The van der Waals surface area contributed by atoms with Crippen molar-refractivity contribution in [3.63, 3.8) is 0 Å². The Balaban J connectivity index is 2.90. The van der Waals surface area contributed by atoms with Gasteiger partial charge < -0.3 is 10.8 Å². The number of aromatic hydroxyl groups is 1. The molecule has 18 heavy (non-hydrogen) atoms. The molecular formula is C12H13NO4S. The highest BCUT2D eigenvalue weighted by molar-refractivity contribution is 7.85. The predicted molar refractivity (Wildman–Crippen MR) is 69.2 cm³/mol. The Bertz CT molecular complexity index is 722. The summed E-state index contributed by atoms with van der Waals surface area (Å²) in [4.78, 5) is -0.334. The minimum atomic E-state index is -4.34. The zero-order valence-corrected chi connectivity index (χ0v) is 10.5. The van der Waals surface area contributed by atoms with Crippen molar-refractivity contribution < 1.29 is 18.1 Å². The van der Waals surface area contributed by atoms with E-state index in [9.17, 15) is 13.5 Å². The van der Waals surface area contributed by atoms with Crippen LogP contribution in [0.15, 0.2) is 29.2 Å². The van der Waals surface area contributed by atoms with Gasteiger partial charge in [-0.05, 0) is 29.5 Å². The van der Waals surface area contributed by atoms with Crippen LogP contribution in [0.4, 0.5) is 5.69 Å². The average molecular weight is 267 g/mol. The third kappa shape index (κ3) is 2.00. The van der Waals surface area contributed by atoms with Gasteiger partial charge in [-0.15, -0.1) is 0 Å². The van der Waals surface area contributed by atoms with Crippen LogP contribution in [0.5, 0.6) is 5.75 Å². The van der Waals surface area contributed by atoms with E-state index >= 15 is 0 Å². The highest BCUT2D eigenvalue weighted by Gasteiger charge is 2.15. The number of nitrogens with two attached hydrogens (primary N) is 1. The van der Waals surface area contributed by atoms with Gasteiger partial charge >= 0.3 is 0 Å². The molecule has 0 aliphatic rings. The van der Waals surface area contributed by atoms with Crippen LogP contribution in [0, 0.1) is 0 Å². The molecule has 4 N–H and O–H groups in total. The summed E-state index contributed by atoms with van der Waals surface area (Å²) in [5.74, 6) is -0.204. The van der Waals surface area contributed by atoms with Crippen LogP contribution in [0.25, 0.3) is 10.8 Å². The summed E-state index contributed by atoms with van der Waals surface area (Å²) in [7, 11) is -4.34.